The highest BCUT2D eigenvalue weighted by Gasteiger charge is 2.16. The van der Waals surface area contributed by atoms with Gasteiger partial charge in [-0.2, -0.15) is 0 Å². The summed E-state index contributed by atoms with van der Waals surface area (Å²) < 4.78 is 0. The summed E-state index contributed by atoms with van der Waals surface area (Å²) in [4.78, 5) is 4.24. The smallest absolute Gasteiger partial charge is 0.142 e. The van der Waals surface area contributed by atoms with Gasteiger partial charge in [-0.05, 0) is 24.0 Å². The van der Waals surface area contributed by atoms with Crippen LogP contribution in [0, 0.1) is 5.41 Å². The van der Waals surface area contributed by atoms with Gasteiger partial charge in [0.2, 0.25) is 0 Å². The van der Waals surface area contributed by atoms with Gasteiger partial charge in [0.15, 0.2) is 0 Å². The van der Waals surface area contributed by atoms with Crippen LogP contribution in [-0.4, -0.2) is 23.2 Å². The molecule has 0 spiro atoms. The second-order valence-electron chi connectivity index (χ2n) is 4.54. The summed E-state index contributed by atoms with van der Waals surface area (Å²) in [5.41, 5.74) is 2.54. The molecule has 1 aromatic heterocycles. The Bertz CT molecular complexity index is 328. The minimum atomic E-state index is 0.0442. The Balaban J connectivity index is 2.53. The molecule has 0 radical (unpaired) electrons. The summed E-state index contributed by atoms with van der Waals surface area (Å²) in [5, 5.41) is 12.1. The number of hydrogen-bond acceptors (Lipinski definition) is 5. The number of nitrogen functional groups attached to an aromatic ring is 1. The van der Waals surface area contributed by atoms with Gasteiger partial charge >= 0.3 is 0 Å². The molecule has 5 heteroatoms. The Hall–Kier alpha value is -1.33. The number of pyridine rings is 1. The van der Waals surface area contributed by atoms with Gasteiger partial charge in [0.25, 0.3) is 0 Å². The Labute approximate surface area is 96.0 Å². The molecule has 1 rings (SSSR count). The third kappa shape index (κ3) is 4.04. The summed E-state index contributed by atoms with van der Waals surface area (Å²) >= 11 is 0. The van der Waals surface area contributed by atoms with Crippen LogP contribution in [0.5, 0.6) is 0 Å². The second kappa shape index (κ2) is 5.67. The van der Waals surface area contributed by atoms with Crippen LogP contribution in [0.2, 0.25) is 0 Å². The Morgan fingerprint density at radius 1 is 1.38 bits per heavy atom. The molecule has 1 heterocycles. The highest BCUT2D eigenvalue weighted by Crippen LogP contribution is 2.20. The molecule has 16 heavy (non-hydrogen) atoms. The molecule has 0 unspecified atom stereocenters. The fourth-order valence-electron chi connectivity index (χ4n) is 1.33. The maximum absolute atomic E-state index is 8.91. The highest BCUT2D eigenvalue weighted by molar-refractivity contribution is 5.44. The van der Waals surface area contributed by atoms with E-state index in [-0.39, 0.29) is 12.0 Å². The third-order valence-corrected chi connectivity index (χ3v) is 2.43. The minimum absolute atomic E-state index is 0.0442. The van der Waals surface area contributed by atoms with E-state index in [1.54, 1.807) is 6.07 Å². The maximum Gasteiger partial charge on any atom is 0.142 e. The molecular formula is C11H20N4O. The molecule has 90 valence electrons. The normalized spacial score (nSPS) is 11.2. The number of aromatic nitrogens is 1. The molecule has 0 saturated carbocycles. The molecule has 1 aromatic rings. The van der Waals surface area contributed by atoms with E-state index in [0.717, 1.165) is 18.8 Å². The van der Waals surface area contributed by atoms with Crippen molar-refractivity contribution in [3.05, 3.63) is 18.2 Å². The summed E-state index contributed by atoms with van der Waals surface area (Å²) in [6.45, 7) is 5.16. The standard InChI is InChI=1S/C11H20N4O/c1-11(2,6-7-16)8-13-9-4-3-5-10(14-9)15-12/h3-5,16H,6-8,12H2,1-2H3,(H2,13,14,15). The van der Waals surface area contributed by atoms with Gasteiger partial charge in [0, 0.05) is 13.2 Å². The van der Waals surface area contributed by atoms with E-state index in [1.807, 2.05) is 12.1 Å². The molecule has 0 fully saturated rings. The molecule has 0 bridgehead atoms. The zero-order chi connectivity index (χ0) is 12.0. The fourth-order valence-corrected chi connectivity index (χ4v) is 1.33. The molecule has 5 N–H and O–H groups in total. The molecule has 0 aliphatic rings. The molecular weight excluding hydrogens is 204 g/mol. The third-order valence-electron chi connectivity index (χ3n) is 2.43. The zero-order valence-electron chi connectivity index (χ0n) is 9.83. The Kier molecular flexibility index (Phi) is 4.52. The van der Waals surface area contributed by atoms with Crippen LogP contribution < -0.4 is 16.6 Å². The van der Waals surface area contributed by atoms with Gasteiger partial charge in [-0.25, -0.2) is 10.8 Å². The maximum atomic E-state index is 8.91. The molecule has 0 amide bonds. The van der Waals surface area contributed by atoms with Crippen molar-refractivity contribution in [2.45, 2.75) is 20.3 Å². The quantitative estimate of drug-likeness (QED) is 0.431. The van der Waals surface area contributed by atoms with Crippen molar-refractivity contribution in [2.24, 2.45) is 11.3 Å². The molecule has 0 atom stereocenters. The molecule has 5 nitrogen and oxygen atoms in total. The van der Waals surface area contributed by atoms with Crippen molar-refractivity contribution in [3.63, 3.8) is 0 Å². The lowest BCUT2D eigenvalue weighted by Gasteiger charge is -2.24. The van der Waals surface area contributed by atoms with Gasteiger partial charge in [-0.3, -0.25) is 0 Å². The van der Waals surface area contributed by atoms with Crippen molar-refractivity contribution in [1.82, 2.24) is 4.98 Å². The lowest BCUT2D eigenvalue weighted by atomic mass is 9.90. The number of nitrogens with zero attached hydrogens (tertiary/aromatic N) is 1. The lowest BCUT2D eigenvalue weighted by Crippen LogP contribution is -2.24. The van der Waals surface area contributed by atoms with E-state index < -0.39 is 0 Å². The van der Waals surface area contributed by atoms with Gasteiger partial charge < -0.3 is 15.8 Å². The molecule has 0 aromatic carbocycles. The number of anilines is 2. The van der Waals surface area contributed by atoms with Gasteiger partial charge in [-0.15, -0.1) is 0 Å². The summed E-state index contributed by atoms with van der Waals surface area (Å²) in [6.07, 6.45) is 0.759. The number of hydrogen-bond donors (Lipinski definition) is 4. The van der Waals surface area contributed by atoms with Crippen molar-refractivity contribution >= 4 is 11.6 Å². The number of nitrogens with one attached hydrogen (secondary N) is 2. The average molecular weight is 224 g/mol. The number of aliphatic hydroxyl groups is 1. The van der Waals surface area contributed by atoms with Crippen molar-refractivity contribution in [2.75, 3.05) is 23.9 Å². The van der Waals surface area contributed by atoms with E-state index >= 15 is 0 Å². The van der Waals surface area contributed by atoms with Gasteiger partial charge in [-0.1, -0.05) is 19.9 Å². The van der Waals surface area contributed by atoms with Crippen LogP contribution in [-0.2, 0) is 0 Å². The number of aliphatic hydroxyl groups excluding tert-OH is 1. The number of nitrogens with two attached hydrogens (primary N) is 1. The van der Waals surface area contributed by atoms with E-state index in [0.29, 0.717) is 5.82 Å². The first-order valence-corrected chi connectivity index (χ1v) is 5.36. The summed E-state index contributed by atoms with van der Waals surface area (Å²) in [6, 6.07) is 5.56. The molecule has 0 saturated heterocycles. The summed E-state index contributed by atoms with van der Waals surface area (Å²) in [5.74, 6) is 6.68. The highest BCUT2D eigenvalue weighted by atomic mass is 16.3. The summed E-state index contributed by atoms with van der Waals surface area (Å²) in [7, 11) is 0. The predicted molar refractivity (Wildman–Crippen MR) is 66.0 cm³/mol. The first-order chi connectivity index (χ1) is 7.57. The van der Waals surface area contributed by atoms with E-state index in [1.165, 1.54) is 0 Å². The molecule has 0 aliphatic carbocycles. The van der Waals surface area contributed by atoms with Crippen LogP contribution in [0.1, 0.15) is 20.3 Å². The van der Waals surface area contributed by atoms with Crippen LogP contribution in [0.4, 0.5) is 11.6 Å². The van der Waals surface area contributed by atoms with Crippen molar-refractivity contribution in [3.8, 4) is 0 Å². The van der Waals surface area contributed by atoms with Crippen LogP contribution in [0.25, 0.3) is 0 Å². The van der Waals surface area contributed by atoms with Crippen molar-refractivity contribution < 1.29 is 5.11 Å². The minimum Gasteiger partial charge on any atom is -0.396 e. The Morgan fingerprint density at radius 2 is 2.06 bits per heavy atom. The SMILES string of the molecule is CC(C)(CCO)CNc1cccc(NN)n1. The first kappa shape index (κ1) is 12.7. The van der Waals surface area contributed by atoms with Gasteiger partial charge in [0.1, 0.15) is 11.6 Å². The Morgan fingerprint density at radius 3 is 2.69 bits per heavy atom. The average Bonchev–Trinajstić information content (AvgIpc) is 2.27. The van der Waals surface area contributed by atoms with Gasteiger partial charge in [0.05, 0.1) is 0 Å². The number of hydrazine groups is 1. The topological polar surface area (TPSA) is 83.2 Å². The van der Waals surface area contributed by atoms with E-state index in [9.17, 15) is 0 Å². The first-order valence-electron chi connectivity index (χ1n) is 5.36. The van der Waals surface area contributed by atoms with E-state index in [2.05, 4.69) is 29.6 Å². The van der Waals surface area contributed by atoms with Crippen LogP contribution in [0.3, 0.4) is 0 Å². The van der Waals surface area contributed by atoms with Crippen LogP contribution in [0.15, 0.2) is 18.2 Å². The predicted octanol–water partition coefficient (Wildman–Crippen LogP) is 1.19. The fraction of sp³-hybridized carbons (Fsp3) is 0.545. The van der Waals surface area contributed by atoms with Crippen molar-refractivity contribution in [1.29, 1.82) is 0 Å². The molecule has 0 aliphatic heterocycles. The zero-order valence-corrected chi connectivity index (χ0v) is 9.83. The number of rotatable bonds is 6. The van der Waals surface area contributed by atoms with Crippen LogP contribution >= 0.6 is 0 Å². The second-order valence-corrected chi connectivity index (χ2v) is 4.54. The lowest BCUT2D eigenvalue weighted by molar-refractivity contribution is 0.220. The van der Waals surface area contributed by atoms with E-state index in [4.69, 9.17) is 10.9 Å². The monoisotopic (exact) mass is 224 g/mol. The largest absolute Gasteiger partial charge is 0.396 e.